The van der Waals surface area contributed by atoms with Gasteiger partial charge in [0.1, 0.15) is 11.1 Å². The molecule has 0 aliphatic rings. The van der Waals surface area contributed by atoms with Crippen LogP contribution < -0.4 is 0 Å². The molecule has 10 heavy (non-hydrogen) atoms. The quantitative estimate of drug-likeness (QED) is 0.427. The van der Waals surface area contributed by atoms with Crippen LogP contribution in [0.3, 0.4) is 0 Å². The SMILES string of the molecule is CC(C#N)=CC=C(Cl)C#N. The van der Waals surface area contributed by atoms with Gasteiger partial charge in [0.25, 0.3) is 0 Å². The predicted octanol–water partition coefficient (Wildman–Crippen LogP) is 2.10. The van der Waals surface area contributed by atoms with Gasteiger partial charge < -0.3 is 0 Å². The molecular formula is C7H5ClN2. The molecule has 0 saturated heterocycles. The van der Waals surface area contributed by atoms with Crippen molar-refractivity contribution in [2.75, 3.05) is 0 Å². The Morgan fingerprint density at radius 3 is 2.30 bits per heavy atom. The molecule has 0 atom stereocenters. The van der Waals surface area contributed by atoms with Crippen LogP contribution in [0.25, 0.3) is 0 Å². The molecule has 0 spiro atoms. The van der Waals surface area contributed by atoms with Crippen LogP contribution in [0.2, 0.25) is 0 Å². The Balaban J connectivity index is 4.25. The lowest BCUT2D eigenvalue weighted by molar-refractivity contribution is 1.44. The molecule has 0 N–H and O–H groups in total. The number of nitrogens with zero attached hydrogens (tertiary/aromatic N) is 2. The smallest absolute Gasteiger partial charge is 0.118 e. The molecule has 0 heterocycles. The second kappa shape index (κ2) is 4.61. The zero-order valence-corrected chi connectivity index (χ0v) is 6.18. The van der Waals surface area contributed by atoms with Crippen LogP contribution in [-0.2, 0) is 0 Å². The molecule has 0 saturated carbocycles. The summed E-state index contributed by atoms with van der Waals surface area (Å²) in [6.07, 6.45) is 2.88. The molecule has 0 aromatic carbocycles. The second-order valence-electron chi connectivity index (χ2n) is 1.59. The van der Waals surface area contributed by atoms with Gasteiger partial charge in [-0.1, -0.05) is 11.6 Å². The third-order valence-corrected chi connectivity index (χ3v) is 0.973. The van der Waals surface area contributed by atoms with E-state index in [0.29, 0.717) is 5.57 Å². The Morgan fingerprint density at radius 2 is 1.90 bits per heavy atom. The molecule has 0 aliphatic heterocycles. The number of allylic oxidation sites excluding steroid dienone is 4. The fourth-order valence-electron chi connectivity index (χ4n) is 0.273. The van der Waals surface area contributed by atoms with Gasteiger partial charge in [-0.15, -0.1) is 0 Å². The molecular weight excluding hydrogens is 148 g/mol. The van der Waals surface area contributed by atoms with E-state index in [9.17, 15) is 0 Å². The van der Waals surface area contributed by atoms with E-state index in [2.05, 4.69) is 0 Å². The Hall–Kier alpha value is -1.25. The van der Waals surface area contributed by atoms with Crippen LogP contribution in [0.5, 0.6) is 0 Å². The first-order valence-electron chi connectivity index (χ1n) is 2.55. The summed E-state index contributed by atoms with van der Waals surface area (Å²) in [4.78, 5) is 0. The van der Waals surface area contributed by atoms with Gasteiger partial charge in [-0.3, -0.25) is 0 Å². The van der Waals surface area contributed by atoms with Crippen molar-refractivity contribution in [1.82, 2.24) is 0 Å². The van der Waals surface area contributed by atoms with Crippen LogP contribution in [0.15, 0.2) is 22.8 Å². The predicted molar refractivity (Wildman–Crippen MR) is 38.9 cm³/mol. The molecule has 0 fully saturated rings. The van der Waals surface area contributed by atoms with E-state index in [1.807, 2.05) is 6.07 Å². The molecule has 50 valence electrons. The van der Waals surface area contributed by atoms with E-state index in [1.54, 1.807) is 13.0 Å². The van der Waals surface area contributed by atoms with E-state index in [1.165, 1.54) is 12.2 Å². The average molecular weight is 153 g/mol. The monoisotopic (exact) mass is 152 g/mol. The first-order valence-corrected chi connectivity index (χ1v) is 2.92. The highest BCUT2D eigenvalue weighted by Gasteiger charge is 1.83. The number of halogens is 1. The van der Waals surface area contributed by atoms with Crippen molar-refractivity contribution in [3.05, 3.63) is 22.8 Å². The zero-order chi connectivity index (χ0) is 7.98. The van der Waals surface area contributed by atoms with E-state index in [4.69, 9.17) is 22.1 Å². The molecule has 2 nitrogen and oxygen atoms in total. The molecule has 0 amide bonds. The van der Waals surface area contributed by atoms with Crippen LogP contribution in [-0.4, -0.2) is 0 Å². The van der Waals surface area contributed by atoms with Crippen molar-refractivity contribution in [3.63, 3.8) is 0 Å². The summed E-state index contributed by atoms with van der Waals surface area (Å²) in [6.45, 7) is 1.64. The highest BCUT2D eigenvalue weighted by molar-refractivity contribution is 6.31. The summed E-state index contributed by atoms with van der Waals surface area (Å²) in [5, 5.41) is 16.5. The first-order chi connectivity index (χ1) is 4.70. The largest absolute Gasteiger partial charge is 0.193 e. The number of rotatable bonds is 1. The zero-order valence-electron chi connectivity index (χ0n) is 5.43. The lowest BCUT2D eigenvalue weighted by Gasteiger charge is -1.78. The van der Waals surface area contributed by atoms with Crippen LogP contribution >= 0.6 is 11.6 Å². The summed E-state index contributed by atoms with van der Waals surface area (Å²) >= 11 is 5.31. The maximum absolute atomic E-state index is 8.25. The highest BCUT2D eigenvalue weighted by atomic mass is 35.5. The average Bonchev–Trinajstić information content (AvgIpc) is 1.99. The van der Waals surface area contributed by atoms with E-state index >= 15 is 0 Å². The van der Waals surface area contributed by atoms with Gasteiger partial charge in [-0.25, -0.2) is 0 Å². The van der Waals surface area contributed by atoms with Crippen molar-refractivity contribution in [2.45, 2.75) is 6.92 Å². The maximum Gasteiger partial charge on any atom is 0.118 e. The maximum atomic E-state index is 8.25. The van der Waals surface area contributed by atoms with Gasteiger partial charge in [0.2, 0.25) is 0 Å². The Morgan fingerprint density at radius 1 is 1.30 bits per heavy atom. The van der Waals surface area contributed by atoms with Crippen LogP contribution in [0.1, 0.15) is 6.92 Å². The van der Waals surface area contributed by atoms with Gasteiger partial charge in [0.05, 0.1) is 6.07 Å². The van der Waals surface area contributed by atoms with Gasteiger partial charge in [0, 0.05) is 5.57 Å². The summed E-state index contributed by atoms with van der Waals surface area (Å²) in [5.41, 5.74) is 0.522. The number of hydrogen-bond donors (Lipinski definition) is 0. The molecule has 0 radical (unpaired) electrons. The fourth-order valence-corrected chi connectivity index (χ4v) is 0.336. The molecule has 0 aromatic rings. The number of nitriles is 2. The van der Waals surface area contributed by atoms with Gasteiger partial charge in [0.15, 0.2) is 0 Å². The minimum absolute atomic E-state index is 0.0783. The summed E-state index contributed by atoms with van der Waals surface area (Å²) in [6, 6.07) is 3.61. The Bertz CT molecular complexity index is 222. The fraction of sp³-hybridized carbons (Fsp3) is 0.143. The Labute approximate surface area is 64.6 Å². The molecule has 0 aliphatic carbocycles. The lowest BCUT2D eigenvalue weighted by Crippen LogP contribution is -1.65. The molecule has 0 rings (SSSR count). The number of hydrogen-bond acceptors (Lipinski definition) is 2. The second-order valence-corrected chi connectivity index (χ2v) is 2.00. The van der Waals surface area contributed by atoms with Gasteiger partial charge in [-0.05, 0) is 19.1 Å². The van der Waals surface area contributed by atoms with Crippen molar-refractivity contribution < 1.29 is 0 Å². The topological polar surface area (TPSA) is 47.6 Å². The minimum Gasteiger partial charge on any atom is -0.193 e. The lowest BCUT2D eigenvalue weighted by atomic mass is 10.3. The van der Waals surface area contributed by atoms with Crippen molar-refractivity contribution >= 4 is 11.6 Å². The minimum atomic E-state index is 0.0783. The van der Waals surface area contributed by atoms with E-state index < -0.39 is 0 Å². The summed E-state index contributed by atoms with van der Waals surface area (Å²) in [5.74, 6) is 0. The highest BCUT2D eigenvalue weighted by Crippen LogP contribution is 1.99. The standard InChI is InChI=1S/C7H5ClN2/c1-6(4-9)2-3-7(8)5-10/h2-3H,1H3. The normalized spacial score (nSPS) is 12.0. The van der Waals surface area contributed by atoms with Crippen molar-refractivity contribution in [1.29, 1.82) is 10.5 Å². The molecule has 3 heteroatoms. The summed E-state index contributed by atoms with van der Waals surface area (Å²) < 4.78 is 0. The van der Waals surface area contributed by atoms with Crippen LogP contribution in [0, 0.1) is 22.7 Å². The van der Waals surface area contributed by atoms with Crippen molar-refractivity contribution in [3.8, 4) is 12.1 Å². The first kappa shape index (κ1) is 8.75. The molecule has 0 aromatic heterocycles. The van der Waals surface area contributed by atoms with E-state index in [-0.39, 0.29) is 5.03 Å². The van der Waals surface area contributed by atoms with Gasteiger partial charge in [-0.2, -0.15) is 10.5 Å². The summed E-state index contributed by atoms with van der Waals surface area (Å²) in [7, 11) is 0. The van der Waals surface area contributed by atoms with Crippen LogP contribution in [0.4, 0.5) is 0 Å². The molecule has 0 bridgehead atoms. The van der Waals surface area contributed by atoms with Crippen molar-refractivity contribution in [2.24, 2.45) is 0 Å². The van der Waals surface area contributed by atoms with E-state index in [0.717, 1.165) is 0 Å². The third-order valence-electron chi connectivity index (χ3n) is 0.763. The molecule has 0 unspecified atom stereocenters. The third kappa shape index (κ3) is 3.72. The van der Waals surface area contributed by atoms with Gasteiger partial charge >= 0.3 is 0 Å². The Kier molecular flexibility index (Phi) is 4.04.